The van der Waals surface area contributed by atoms with Crippen LogP contribution in [0, 0.1) is 27.7 Å². The average molecular weight is 395 g/mol. The Morgan fingerprint density at radius 3 is 1.03 bits per heavy atom. The average Bonchev–Trinajstić information content (AvgIpc) is 2.80. The van der Waals surface area contributed by atoms with Gasteiger partial charge in [0.15, 0.2) is 0 Å². The third kappa shape index (κ3) is 6.28. The molecule has 0 aliphatic heterocycles. The van der Waals surface area contributed by atoms with E-state index in [0.29, 0.717) is 0 Å². The van der Waals surface area contributed by atoms with Crippen LogP contribution in [0.1, 0.15) is 22.3 Å². The van der Waals surface area contributed by atoms with Crippen molar-refractivity contribution in [3.05, 3.63) is 119 Å². The predicted octanol–water partition coefficient (Wildman–Crippen LogP) is 7.76. The van der Waals surface area contributed by atoms with Crippen LogP contribution in [0.2, 0.25) is 0 Å². The molecule has 1 heteroatoms. The SMILES string of the molecule is C=O.Cc1ccc(-c2ccccc2)cc1C.Cc1ccc(-c2ccccc2)cc1C. The van der Waals surface area contributed by atoms with Gasteiger partial charge in [-0.3, -0.25) is 0 Å². The van der Waals surface area contributed by atoms with Gasteiger partial charge in [0.05, 0.1) is 0 Å². The van der Waals surface area contributed by atoms with Gasteiger partial charge in [0, 0.05) is 0 Å². The maximum atomic E-state index is 8.00. The number of carbonyl (C=O) groups excluding carboxylic acids is 1. The molecule has 0 aromatic heterocycles. The highest BCUT2D eigenvalue weighted by Gasteiger charge is 1.99. The highest BCUT2D eigenvalue weighted by Crippen LogP contribution is 2.22. The second-order valence-corrected chi connectivity index (χ2v) is 7.33. The number of aryl methyl sites for hydroxylation is 4. The lowest BCUT2D eigenvalue weighted by atomic mass is 10.0. The summed E-state index contributed by atoms with van der Waals surface area (Å²) in [5, 5.41) is 0. The van der Waals surface area contributed by atoms with E-state index in [-0.39, 0.29) is 0 Å². The van der Waals surface area contributed by atoms with E-state index in [1.807, 2.05) is 18.9 Å². The summed E-state index contributed by atoms with van der Waals surface area (Å²) >= 11 is 0. The molecule has 0 spiro atoms. The minimum atomic E-state index is 1.29. The van der Waals surface area contributed by atoms with Gasteiger partial charge in [-0.2, -0.15) is 0 Å². The summed E-state index contributed by atoms with van der Waals surface area (Å²) in [6.45, 7) is 10.6. The lowest BCUT2D eigenvalue weighted by Gasteiger charge is -2.04. The largest absolute Gasteiger partial charge is 0.307 e. The summed E-state index contributed by atoms with van der Waals surface area (Å²) in [6.07, 6.45) is 0. The molecule has 0 saturated heterocycles. The van der Waals surface area contributed by atoms with E-state index in [4.69, 9.17) is 4.79 Å². The van der Waals surface area contributed by atoms with Crippen molar-refractivity contribution in [2.24, 2.45) is 0 Å². The first-order valence-electron chi connectivity index (χ1n) is 10.1. The Balaban J connectivity index is 0.000000197. The third-order valence-electron chi connectivity index (χ3n) is 5.23. The van der Waals surface area contributed by atoms with Crippen LogP contribution >= 0.6 is 0 Å². The Kier molecular flexibility index (Phi) is 8.77. The molecule has 0 radical (unpaired) electrons. The lowest BCUT2D eigenvalue weighted by molar-refractivity contribution is -0.0979. The molecule has 1 nitrogen and oxygen atoms in total. The minimum Gasteiger partial charge on any atom is -0.307 e. The summed E-state index contributed by atoms with van der Waals surface area (Å²) < 4.78 is 0. The molecule has 4 aromatic carbocycles. The van der Waals surface area contributed by atoms with Gasteiger partial charge in [0.25, 0.3) is 0 Å². The zero-order chi connectivity index (χ0) is 21.9. The van der Waals surface area contributed by atoms with Gasteiger partial charge in [-0.05, 0) is 72.2 Å². The molecule has 0 aliphatic rings. The lowest BCUT2D eigenvalue weighted by Crippen LogP contribution is -1.82. The number of rotatable bonds is 2. The van der Waals surface area contributed by atoms with E-state index >= 15 is 0 Å². The molecule has 0 unspecified atom stereocenters. The van der Waals surface area contributed by atoms with Gasteiger partial charge in [0.1, 0.15) is 6.79 Å². The number of hydrogen-bond acceptors (Lipinski definition) is 1. The maximum absolute atomic E-state index is 8.00. The Hall–Kier alpha value is -3.45. The van der Waals surface area contributed by atoms with Crippen LogP contribution in [0.25, 0.3) is 22.3 Å². The zero-order valence-corrected chi connectivity index (χ0v) is 18.4. The monoisotopic (exact) mass is 394 g/mol. The molecule has 0 amide bonds. The Morgan fingerprint density at radius 1 is 0.400 bits per heavy atom. The predicted molar refractivity (Wildman–Crippen MR) is 130 cm³/mol. The van der Waals surface area contributed by atoms with E-state index in [1.165, 1.54) is 44.5 Å². The molecule has 30 heavy (non-hydrogen) atoms. The van der Waals surface area contributed by atoms with E-state index < -0.39 is 0 Å². The number of hydrogen-bond donors (Lipinski definition) is 0. The second-order valence-electron chi connectivity index (χ2n) is 7.33. The van der Waals surface area contributed by atoms with Crippen molar-refractivity contribution in [2.45, 2.75) is 27.7 Å². The molecule has 0 atom stereocenters. The van der Waals surface area contributed by atoms with E-state index in [1.54, 1.807) is 0 Å². The highest BCUT2D eigenvalue weighted by molar-refractivity contribution is 5.65. The summed E-state index contributed by atoms with van der Waals surface area (Å²) in [4.78, 5) is 8.00. The molecular weight excluding hydrogens is 364 g/mol. The van der Waals surface area contributed by atoms with Crippen LogP contribution in [0.5, 0.6) is 0 Å². The smallest absolute Gasteiger partial charge is 0.106 e. The van der Waals surface area contributed by atoms with Crippen molar-refractivity contribution in [1.29, 1.82) is 0 Å². The van der Waals surface area contributed by atoms with Crippen molar-refractivity contribution in [3.8, 4) is 22.3 Å². The molecule has 0 bridgehead atoms. The zero-order valence-electron chi connectivity index (χ0n) is 18.4. The standard InChI is InChI=1S/2C14H14.CH2O/c2*1-11-8-9-14(10-12(11)2)13-6-4-3-5-7-13;1-2/h2*3-10H,1-2H3;1H2. The van der Waals surface area contributed by atoms with Crippen molar-refractivity contribution in [2.75, 3.05) is 0 Å². The Labute approximate surface area is 181 Å². The summed E-state index contributed by atoms with van der Waals surface area (Å²) in [5.41, 5.74) is 10.6. The van der Waals surface area contributed by atoms with Crippen LogP contribution in [0.3, 0.4) is 0 Å². The second kappa shape index (κ2) is 11.5. The van der Waals surface area contributed by atoms with Gasteiger partial charge in [0.2, 0.25) is 0 Å². The minimum absolute atomic E-state index is 1.29. The Morgan fingerprint density at radius 2 is 0.733 bits per heavy atom. The topological polar surface area (TPSA) is 17.1 Å². The van der Waals surface area contributed by atoms with E-state index in [0.717, 1.165) is 0 Å². The van der Waals surface area contributed by atoms with Crippen molar-refractivity contribution in [3.63, 3.8) is 0 Å². The van der Waals surface area contributed by atoms with Crippen LogP contribution in [-0.2, 0) is 4.79 Å². The van der Waals surface area contributed by atoms with Crippen LogP contribution in [-0.4, -0.2) is 6.79 Å². The normalized spacial score (nSPS) is 9.60. The van der Waals surface area contributed by atoms with Gasteiger partial charge in [-0.25, -0.2) is 0 Å². The van der Waals surface area contributed by atoms with Crippen LogP contribution < -0.4 is 0 Å². The Bertz CT molecular complexity index is 963. The van der Waals surface area contributed by atoms with Crippen LogP contribution in [0.15, 0.2) is 97.1 Å². The molecule has 4 rings (SSSR count). The fourth-order valence-corrected chi connectivity index (χ4v) is 3.10. The molecule has 4 aromatic rings. The molecule has 0 saturated carbocycles. The maximum Gasteiger partial charge on any atom is 0.106 e. The van der Waals surface area contributed by atoms with Gasteiger partial charge in [-0.1, -0.05) is 97.1 Å². The number of benzene rings is 4. The molecule has 0 N–H and O–H groups in total. The van der Waals surface area contributed by atoms with Gasteiger partial charge in [-0.15, -0.1) is 0 Å². The molecule has 0 aliphatic carbocycles. The first-order chi connectivity index (χ1) is 14.5. The van der Waals surface area contributed by atoms with Gasteiger partial charge >= 0.3 is 0 Å². The fourth-order valence-electron chi connectivity index (χ4n) is 3.10. The summed E-state index contributed by atoms with van der Waals surface area (Å²) in [6, 6.07) is 34.2. The summed E-state index contributed by atoms with van der Waals surface area (Å²) in [5.74, 6) is 0. The van der Waals surface area contributed by atoms with Gasteiger partial charge < -0.3 is 4.79 Å². The molecule has 0 heterocycles. The quantitative estimate of drug-likeness (QED) is 0.339. The first kappa shape index (κ1) is 22.8. The van der Waals surface area contributed by atoms with Crippen molar-refractivity contribution in [1.82, 2.24) is 0 Å². The van der Waals surface area contributed by atoms with E-state index in [2.05, 4.69) is 113 Å². The third-order valence-corrected chi connectivity index (χ3v) is 5.23. The van der Waals surface area contributed by atoms with E-state index in [9.17, 15) is 0 Å². The van der Waals surface area contributed by atoms with Crippen LogP contribution in [0.4, 0.5) is 0 Å². The molecule has 0 fully saturated rings. The number of carbonyl (C=O) groups is 1. The fraction of sp³-hybridized carbons (Fsp3) is 0.138. The first-order valence-corrected chi connectivity index (χ1v) is 10.1. The van der Waals surface area contributed by atoms with Crippen molar-refractivity contribution < 1.29 is 4.79 Å². The summed E-state index contributed by atoms with van der Waals surface area (Å²) in [7, 11) is 0. The molecular formula is C29H30O. The highest BCUT2D eigenvalue weighted by atomic mass is 16.1. The molecule has 152 valence electrons. The van der Waals surface area contributed by atoms with Crippen molar-refractivity contribution >= 4 is 6.79 Å².